The highest BCUT2D eigenvalue weighted by Crippen LogP contribution is 2.20. The van der Waals surface area contributed by atoms with Crippen LogP contribution in [0.1, 0.15) is 16.8 Å². The molecule has 1 amide bonds. The minimum atomic E-state index is -3.66. The first kappa shape index (κ1) is 12.8. The highest BCUT2D eigenvalue weighted by molar-refractivity contribution is 7.90. The highest BCUT2D eigenvalue weighted by Gasteiger charge is 2.31. The number of halogens is 1. The smallest absolute Gasteiger partial charge is 0.265 e. The number of thiophene rings is 1. The van der Waals surface area contributed by atoms with E-state index in [2.05, 4.69) is 0 Å². The first-order valence-electron chi connectivity index (χ1n) is 4.87. The second-order valence-corrected chi connectivity index (χ2v) is 7.10. The van der Waals surface area contributed by atoms with Crippen molar-refractivity contribution in [3.63, 3.8) is 0 Å². The zero-order valence-electron chi connectivity index (χ0n) is 8.68. The lowest BCUT2D eigenvalue weighted by Crippen LogP contribution is -2.38. The number of amides is 1. The summed E-state index contributed by atoms with van der Waals surface area (Å²) in [6, 6.07) is 1.43. The Hall–Kier alpha value is -0.630. The highest BCUT2D eigenvalue weighted by atomic mass is 35.5. The van der Waals surface area contributed by atoms with Gasteiger partial charge in [0.05, 0.1) is 16.5 Å². The fraction of sp³-hybridized carbons (Fsp3) is 0.444. The molecule has 0 radical (unpaired) electrons. The minimum Gasteiger partial charge on any atom is -0.380 e. The monoisotopic (exact) mass is 295 g/mol. The Morgan fingerprint density at radius 1 is 1.59 bits per heavy atom. The topological polar surface area (TPSA) is 72.5 Å². The summed E-state index contributed by atoms with van der Waals surface area (Å²) in [5.41, 5.74) is 0.252. The number of carbonyl (C=O) groups is 1. The Kier molecular flexibility index (Phi) is 3.72. The Morgan fingerprint density at radius 3 is 2.88 bits per heavy atom. The summed E-state index contributed by atoms with van der Waals surface area (Å²) in [7, 11) is -3.66. The molecule has 0 aliphatic carbocycles. The van der Waals surface area contributed by atoms with Gasteiger partial charge in [-0.05, 0) is 12.5 Å². The molecule has 1 aromatic heterocycles. The Bertz CT molecular complexity index is 519. The van der Waals surface area contributed by atoms with E-state index in [1.807, 2.05) is 4.72 Å². The first-order valence-corrected chi connectivity index (χ1v) is 7.67. The number of nitrogens with one attached hydrogen (secondary N) is 1. The molecule has 1 unspecified atom stereocenters. The van der Waals surface area contributed by atoms with Crippen LogP contribution in [0.2, 0.25) is 4.34 Å². The van der Waals surface area contributed by atoms with E-state index in [4.69, 9.17) is 16.3 Å². The average molecular weight is 296 g/mol. The van der Waals surface area contributed by atoms with Crippen molar-refractivity contribution in [3.05, 3.63) is 21.3 Å². The van der Waals surface area contributed by atoms with Gasteiger partial charge >= 0.3 is 0 Å². The minimum absolute atomic E-state index is 0.132. The van der Waals surface area contributed by atoms with Crippen LogP contribution in [0.3, 0.4) is 0 Å². The number of sulfonamides is 1. The van der Waals surface area contributed by atoms with Crippen LogP contribution in [0.15, 0.2) is 11.4 Å². The van der Waals surface area contributed by atoms with Gasteiger partial charge in [-0.15, -0.1) is 11.3 Å². The van der Waals surface area contributed by atoms with Gasteiger partial charge < -0.3 is 4.74 Å². The lowest BCUT2D eigenvalue weighted by Gasteiger charge is -2.10. The molecule has 1 fully saturated rings. The lowest BCUT2D eigenvalue weighted by atomic mass is 10.3. The van der Waals surface area contributed by atoms with Crippen molar-refractivity contribution >= 4 is 38.9 Å². The molecule has 1 N–H and O–H groups in total. The summed E-state index contributed by atoms with van der Waals surface area (Å²) in [6.45, 7) is 0.539. The maximum atomic E-state index is 11.8. The molecule has 0 bridgehead atoms. The number of rotatable bonds is 3. The van der Waals surface area contributed by atoms with Crippen molar-refractivity contribution in [2.45, 2.75) is 11.7 Å². The zero-order chi connectivity index (χ0) is 12.5. The molecule has 1 aliphatic rings. The number of hydrogen-bond donors (Lipinski definition) is 1. The van der Waals surface area contributed by atoms with Crippen molar-refractivity contribution < 1.29 is 17.9 Å². The van der Waals surface area contributed by atoms with E-state index in [0.717, 1.165) is 0 Å². The lowest BCUT2D eigenvalue weighted by molar-refractivity contribution is 0.0981. The molecule has 8 heteroatoms. The molecule has 1 atom stereocenters. The molecule has 94 valence electrons. The second-order valence-electron chi connectivity index (χ2n) is 3.60. The van der Waals surface area contributed by atoms with Gasteiger partial charge in [0.25, 0.3) is 5.91 Å². The van der Waals surface area contributed by atoms with E-state index in [-0.39, 0.29) is 12.2 Å². The molecule has 2 rings (SSSR count). The number of carbonyl (C=O) groups excluding carboxylic acids is 1. The molecule has 0 aromatic carbocycles. The van der Waals surface area contributed by atoms with E-state index in [1.54, 1.807) is 0 Å². The van der Waals surface area contributed by atoms with Crippen LogP contribution in [0, 0.1) is 0 Å². The van der Waals surface area contributed by atoms with Gasteiger partial charge in [-0.2, -0.15) is 0 Å². The maximum absolute atomic E-state index is 11.8. The van der Waals surface area contributed by atoms with E-state index in [9.17, 15) is 13.2 Å². The fourth-order valence-corrected chi connectivity index (χ4v) is 3.54. The van der Waals surface area contributed by atoms with Gasteiger partial charge in [0, 0.05) is 12.0 Å². The molecule has 17 heavy (non-hydrogen) atoms. The van der Waals surface area contributed by atoms with E-state index >= 15 is 0 Å². The van der Waals surface area contributed by atoms with Gasteiger partial charge in [-0.3, -0.25) is 4.79 Å². The third kappa shape index (κ3) is 2.98. The maximum Gasteiger partial charge on any atom is 0.265 e. The van der Waals surface area contributed by atoms with Gasteiger partial charge in [0.2, 0.25) is 10.0 Å². The van der Waals surface area contributed by atoms with Crippen LogP contribution < -0.4 is 4.72 Å². The van der Waals surface area contributed by atoms with Gasteiger partial charge in [0.15, 0.2) is 0 Å². The molecule has 1 aromatic rings. The molecule has 1 aliphatic heterocycles. The Morgan fingerprint density at radius 2 is 2.35 bits per heavy atom. The molecule has 0 spiro atoms. The summed E-state index contributed by atoms with van der Waals surface area (Å²) in [5.74, 6) is -0.653. The van der Waals surface area contributed by atoms with Crippen LogP contribution in [0.25, 0.3) is 0 Å². The summed E-state index contributed by atoms with van der Waals surface area (Å²) >= 11 is 6.85. The Labute approximate surface area is 108 Å². The van der Waals surface area contributed by atoms with Crippen LogP contribution in [0.5, 0.6) is 0 Å². The summed E-state index contributed by atoms with van der Waals surface area (Å²) < 4.78 is 31.0. The van der Waals surface area contributed by atoms with Crippen molar-refractivity contribution in [3.8, 4) is 0 Å². The quantitative estimate of drug-likeness (QED) is 0.911. The molecule has 2 heterocycles. The van der Waals surface area contributed by atoms with Crippen LogP contribution in [-0.2, 0) is 14.8 Å². The van der Waals surface area contributed by atoms with Gasteiger partial charge in [-0.25, -0.2) is 13.1 Å². The van der Waals surface area contributed by atoms with Crippen LogP contribution >= 0.6 is 22.9 Å². The fourth-order valence-electron chi connectivity index (χ4n) is 1.46. The molecular weight excluding hydrogens is 286 g/mol. The average Bonchev–Trinajstić information content (AvgIpc) is 2.86. The molecular formula is C9H10ClNO4S2. The molecule has 1 saturated heterocycles. The van der Waals surface area contributed by atoms with Crippen molar-refractivity contribution in [1.29, 1.82) is 0 Å². The van der Waals surface area contributed by atoms with Crippen LogP contribution in [-0.4, -0.2) is 32.8 Å². The first-order chi connectivity index (χ1) is 7.99. The molecule has 5 nitrogen and oxygen atoms in total. The SMILES string of the molecule is O=C(NS(=O)(=O)C1CCOC1)c1csc(Cl)c1. The van der Waals surface area contributed by atoms with E-state index in [0.29, 0.717) is 17.4 Å². The number of hydrogen-bond acceptors (Lipinski definition) is 5. The predicted octanol–water partition coefficient (Wildman–Crippen LogP) is 1.25. The van der Waals surface area contributed by atoms with E-state index in [1.165, 1.54) is 22.8 Å². The largest absolute Gasteiger partial charge is 0.380 e. The third-order valence-electron chi connectivity index (χ3n) is 2.39. The normalized spacial score (nSPS) is 20.4. The van der Waals surface area contributed by atoms with Crippen molar-refractivity contribution in [1.82, 2.24) is 4.72 Å². The summed E-state index contributed by atoms with van der Waals surface area (Å²) in [6.07, 6.45) is 0.410. The van der Waals surface area contributed by atoms with Crippen molar-refractivity contribution in [2.75, 3.05) is 13.2 Å². The zero-order valence-corrected chi connectivity index (χ0v) is 11.1. The Balaban J connectivity index is 2.08. The van der Waals surface area contributed by atoms with Gasteiger partial charge in [-0.1, -0.05) is 11.6 Å². The van der Waals surface area contributed by atoms with E-state index < -0.39 is 21.2 Å². The third-order valence-corrected chi connectivity index (χ3v) is 5.20. The predicted molar refractivity (Wildman–Crippen MR) is 64.9 cm³/mol. The van der Waals surface area contributed by atoms with Crippen molar-refractivity contribution in [2.24, 2.45) is 0 Å². The molecule has 0 saturated carbocycles. The summed E-state index contributed by atoms with van der Waals surface area (Å²) in [4.78, 5) is 11.6. The summed E-state index contributed by atoms with van der Waals surface area (Å²) in [5, 5.41) is 0.860. The van der Waals surface area contributed by atoms with Gasteiger partial charge in [0.1, 0.15) is 5.25 Å². The second kappa shape index (κ2) is 4.93. The standard InChI is InChI=1S/C9H10ClNO4S2/c10-8-3-6(5-16-8)9(12)11-17(13,14)7-1-2-15-4-7/h3,5,7H,1-2,4H2,(H,11,12). The van der Waals surface area contributed by atoms with Crippen LogP contribution in [0.4, 0.5) is 0 Å². The number of ether oxygens (including phenoxy) is 1.